The molecule has 3 rings (SSSR count). The minimum absolute atomic E-state index is 0.0104. The van der Waals surface area contributed by atoms with Crippen molar-refractivity contribution in [3.63, 3.8) is 0 Å². The number of nitrogens with zero attached hydrogens (tertiary/aromatic N) is 3. The Labute approximate surface area is 150 Å². The fourth-order valence-corrected chi connectivity index (χ4v) is 2.80. The molecule has 1 aliphatic heterocycles. The van der Waals surface area contributed by atoms with E-state index in [1.807, 2.05) is 13.8 Å². The summed E-state index contributed by atoms with van der Waals surface area (Å²) < 4.78 is 32.5. The average molecular weight is 361 g/mol. The van der Waals surface area contributed by atoms with E-state index in [1.165, 1.54) is 11.2 Å². The smallest absolute Gasteiger partial charge is 0.150 e. The van der Waals surface area contributed by atoms with Gasteiger partial charge < -0.3 is 15.4 Å². The molecule has 0 bridgehead atoms. The first-order valence-corrected chi connectivity index (χ1v) is 8.35. The van der Waals surface area contributed by atoms with Gasteiger partial charge in [-0.1, -0.05) is 0 Å². The van der Waals surface area contributed by atoms with E-state index in [-0.39, 0.29) is 24.9 Å². The summed E-state index contributed by atoms with van der Waals surface area (Å²) in [7, 11) is 0. The highest BCUT2D eigenvalue weighted by molar-refractivity contribution is 6.13. The van der Waals surface area contributed by atoms with Gasteiger partial charge in [0.2, 0.25) is 0 Å². The Morgan fingerprint density at radius 3 is 2.58 bits per heavy atom. The molecule has 8 heteroatoms. The molecule has 0 aliphatic carbocycles. The van der Waals surface area contributed by atoms with Gasteiger partial charge in [0, 0.05) is 17.3 Å². The van der Waals surface area contributed by atoms with Crippen LogP contribution in [-0.2, 0) is 0 Å². The largest absolute Gasteiger partial charge is 0.491 e. The van der Waals surface area contributed by atoms with Crippen molar-refractivity contribution in [2.24, 2.45) is 0 Å². The number of aromatic nitrogens is 2. The van der Waals surface area contributed by atoms with Gasteiger partial charge in [-0.2, -0.15) is 0 Å². The number of nitrogens with one attached hydrogen (secondary N) is 1. The van der Waals surface area contributed by atoms with Crippen LogP contribution in [0.4, 0.5) is 20.3 Å². The first-order chi connectivity index (χ1) is 12.3. The highest BCUT2D eigenvalue weighted by Crippen LogP contribution is 2.25. The Morgan fingerprint density at radius 1 is 1.23 bits per heavy atom. The SMILES string of the molecule is CC(C)Oc1ccc(N)c(C(=N)c2cc(N3CC(F)C(F)C3)ncn2)c1. The lowest BCUT2D eigenvalue weighted by atomic mass is 10.0. The van der Waals surface area contributed by atoms with Crippen LogP contribution in [0.5, 0.6) is 5.75 Å². The number of benzene rings is 1. The second kappa shape index (κ2) is 7.23. The van der Waals surface area contributed by atoms with Crippen LogP contribution in [0.3, 0.4) is 0 Å². The second-order valence-electron chi connectivity index (χ2n) is 6.49. The molecular weight excluding hydrogens is 340 g/mol. The number of nitrogen functional groups attached to an aromatic ring is 1. The maximum Gasteiger partial charge on any atom is 0.150 e. The molecule has 2 atom stereocenters. The molecule has 3 N–H and O–H groups in total. The standard InChI is InChI=1S/C18H21F2N5O/c1-10(2)26-11-3-4-15(21)12(5-11)18(22)16-6-17(24-9-23-16)25-7-13(19)14(20)8-25/h3-6,9-10,13-14,22H,7-8,21H2,1-2H3. The van der Waals surface area contributed by atoms with Gasteiger partial charge in [0.15, 0.2) is 12.3 Å². The van der Waals surface area contributed by atoms with Gasteiger partial charge in [0.1, 0.15) is 17.9 Å². The van der Waals surface area contributed by atoms with Crippen LogP contribution in [0.15, 0.2) is 30.6 Å². The van der Waals surface area contributed by atoms with E-state index in [0.29, 0.717) is 28.5 Å². The fraction of sp³-hybridized carbons (Fsp3) is 0.389. The number of anilines is 2. The quantitative estimate of drug-likeness (QED) is 0.631. The third-order valence-corrected chi connectivity index (χ3v) is 4.08. The fourth-order valence-electron chi connectivity index (χ4n) is 2.80. The van der Waals surface area contributed by atoms with Crippen molar-refractivity contribution in [1.29, 1.82) is 5.41 Å². The molecule has 6 nitrogen and oxygen atoms in total. The summed E-state index contributed by atoms with van der Waals surface area (Å²) >= 11 is 0. The molecule has 2 heterocycles. The topological polar surface area (TPSA) is 88.1 Å². The Bertz CT molecular complexity index is 804. The van der Waals surface area contributed by atoms with Crippen molar-refractivity contribution in [2.45, 2.75) is 32.3 Å². The minimum atomic E-state index is -1.53. The van der Waals surface area contributed by atoms with E-state index in [2.05, 4.69) is 9.97 Å². The van der Waals surface area contributed by atoms with Crippen LogP contribution in [0, 0.1) is 5.41 Å². The van der Waals surface area contributed by atoms with Crippen molar-refractivity contribution in [3.05, 3.63) is 41.9 Å². The van der Waals surface area contributed by atoms with Gasteiger partial charge >= 0.3 is 0 Å². The van der Waals surface area contributed by atoms with E-state index >= 15 is 0 Å². The Morgan fingerprint density at radius 2 is 1.92 bits per heavy atom. The van der Waals surface area contributed by atoms with Gasteiger partial charge in [-0.3, -0.25) is 5.41 Å². The summed E-state index contributed by atoms with van der Waals surface area (Å²) in [6.45, 7) is 3.68. The molecule has 0 spiro atoms. The van der Waals surface area contributed by atoms with Crippen LogP contribution in [0.1, 0.15) is 25.1 Å². The number of hydrogen-bond donors (Lipinski definition) is 2. The van der Waals surface area contributed by atoms with Gasteiger partial charge in [0.25, 0.3) is 0 Å². The zero-order valence-corrected chi connectivity index (χ0v) is 14.6. The monoisotopic (exact) mass is 361 g/mol. The predicted molar refractivity (Wildman–Crippen MR) is 96.6 cm³/mol. The third kappa shape index (κ3) is 3.74. The number of rotatable bonds is 5. The highest BCUT2D eigenvalue weighted by atomic mass is 19.2. The van der Waals surface area contributed by atoms with Gasteiger partial charge in [0.05, 0.1) is 30.6 Å². The number of nitrogens with two attached hydrogens (primary N) is 1. The molecule has 1 fully saturated rings. The van der Waals surface area contributed by atoms with Gasteiger partial charge in [-0.25, -0.2) is 18.7 Å². The first kappa shape index (κ1) is 18.0. The molecule has 2 aromatic rings. The van der Waals surface area contributed by atoms with Crippen LogP contribution < -0.4 is 15.4 Å². The van der Waals surface area contributed by atoms with Crippen LogP contribution in [0.2, 0.25) is 0 Å². The Hall–Kier alpha value is -2.77. The Kier molecular flexibility index (Phi) is 5.01. The third-order valence-electron chi connectivity index (χ3n) is 4.08. The predicted octanol–water partition coefficient (Wildman–Crippen LogP) is 2.76. The van der Waals surface area contributed by atoms with Crippen LogP contribution in [-0.4, -0.2) is 47.2 Å². The zero-order chi connectivity index (χ0) is 18.8. The summed E-state index contributed by atoms with van der Waals surface area (Å²) in [5, 5.41) is 8.44. The van der Waals surface area contributed by atoms with E-state index in [9.17, 15) is 8.78 Å². The van der Waals surface area contributed by atoms with Crippen molar-refractivity contribution < 1.29 is 13.5 Å². The molecule has 1 aromatic heterocycles. The number of halogens is 2. The first-order valence-electron chi connectivity index (χ1n) is 8.35. The molecule has 0 radical (unpaired) electrons. The molecule has 1 saturated heterocycles. The molecular formula is C18H21F2N5O. The summed E-state index contributed by atoms with van der Waals surface area (Å²) in [5.74, 6) is 0.985. The van der Waals surface area contributed by atoms with Gasteiger partial charge in [-0.05, 0) is 32.0 Å². The summed E-state index contributed by atoms with van der Waals surface area (Å²) in [4.78, 5) is 9.69. The molecule has 0 amide bonds. The van der Waals surface area contributed by atoms with E-state index in [4.69, 9.17) is 15.9 Å². The molecule has 2 unspecified atom stereocenters. The second-order valence-corrected chi connectivity index (χ2v) is 6.49. The maximum absolute atomic E-state index is 13.4. The molecule has 1 aliphatic rings. The summed E-state index contributed by atoms with van der Waals surface area (Å²) in [6.07, 6.45) is -1.80. The molecule has 138 valence electrons. The summed E-state index contributed by atoms with van der Waals surface area (Å²) in [5.41, 5.74) is 7.31. The lowest BCUT2D eigenvalue weighted by molar-refractivity contribution is 0.217. The maximum atomic E-state index is 13.4. The van der Waals surface area contributed by atoms with Crippen molar-refractivity contribution in [2.75, 3.05) is 23.7 Å². The van der Waals surface area contributed by atoms with E-state index in [1.54, 1.807) is 24.3 Å². The Balaban J connectivity index is 1.88. The van der Waals surface area contributed by atoms with Crippen molar-refractivity contribution >= 4 is 17.2 Å². The number of alkyl halides is 2. The van der Waals surface area contributed by atoms with Crippen molar-refractivity contribution in [3.8, 4) is 5.75 Å². The highest BCUT2D eigenvalue weighted by Gasteiger charge is 2.33. The van der Waals surface area contributed by atoms with Crippen LogP contribution >= 0.6 is 0 Å². The lowest BCUT2D eigenvalue weighted by Gasteiger charge is -2.17. The molecule has 0 saturated carbocycles. The summed E-state index contributed by atoms with van der Waals surface area (Å²) in [6, 6.07) is 6.64. The minimum Gasteiger partial charge on any atom is -0.491 e. The zero-order valence-electron chi connectivity index (χ0n) is 14.6. The van der Waals surface area contributed by atoms with E-state index < -0.39 is 12.3 Å². The van der Waals surface area contributed by atoms with Crippen molar-refractivity contribution in [1.82, 2.24) is 9.97 Å². The molecule has 1 aromatic carbocycles. The van der Waals surface area contributed by atoms with Gasteiger partial charge in [-0.15, -0.1) is 0 Å². The van der Waals surface area contributed by atoms with E-state index in [0.717, 1.165) is 0 Å². The number of ether oxygens (including phenoxy) is 1. The average Bonchev–Trinajstić information content (AvgIpc) is 2.95. The van der Waals surface area contributed by atoms with Crippen LogP contribution in [0.25, 0.3) is 0 Å². The lowest BCUT2D eigenvalue weighted by Crippen LogP contribution is -2.22. The molecule has 26 heavy (non-hydrogen) atoms. The number of hydrogen-bond acceptors (Lipinski definition) is 6. The normalized spacial score (nSPS) is 19.8.